The van der Waals surface area contributed by atoms with Gasteiger partial charge in [0.15, 0.2) is 16.8 Å². The highest BCUT2D eigenvalue weighted by Gasteiger charge is 2.19. The second kappa shape index (κ2) is 7.89. The van der Waals surface area contributed by atoms with Gasteiger partial charge in [-0.25, -0.2) is 0 Å². The fraction of sp³-hybridized carbons (Fsp3) is 0.167. The molecule has 0 aliphatic heterocycles. The molecule has 7 nitrogen and oxygen atoms in total. The van der Waals surface area contributed by atoms with Gasteiger partial charge in [-0.3, -0.25) is 14.9 Å². The van der Waals surface area contributed by atoms with Crippen LogP contribution in [0.5, 0.6) is 0 Å². The Hall–Kier alpha value is -2.71. The van der Waals surface area contributed by atoms with Crippen LogP contribution in [0.15, 0.2) is 52.5 Å². The Morgan fingerprint density at radius 3 is 2.67 bits per heavy atom. The number of carbonyl (C=O) groups is 1. The van der Waals surface area contributed by atoms with Crippen molar-refractivity contribution in [3.05, 3.63) is 63.2 Å². The van der Waals surface area contributed by atoms with Crippen LogP contribution in [0.2, 0.25) is 5.02 Å². The van der Waals surface area contributed by atoms with E-state index in [2.05, 4.69) is 10.2 Å². The highest BCUT2D eigenvalue weighted by molar-refractivity contribution is 7.99. The topological polar surface area (TPSA) is 90.9 Å². The summed E-state index contributed by atoms with van der Waals surface area (Å²) in [5, 5.41) is 20.7. The predicted molar refractivity (Wildman–Crippen MR) is 103 cm³/mol. The average molecular weight is 403 g/mol. The molecule has 0 unspecified atom stereocenters. The quantitative estimate of drug-likeness (QED) is 0.331. The first kappa shape index (κ1) is 19.1. The Morgan fingerprint density at radius 1 is 1.26 bits per heavy atom. The lowest BCUT2D eigenvalue weighted by molar-refractivity contribution is -0.384. The van der Waals surface area contributed by atoms with E-state index in [4.69, 9.17) is 11.6 Å². The molecule has 3 rings (SSSR count). The lowest BCUT2D eigenvalue weighted by Gasteiger charge is -2.09. The van der Waals surface area contributed by atoms with E-state index in [0.29, 0.717) is 27.4 Å². The third-order valence-corrected chi connectivity index (χ3v) is 5.17. The highest BCUT2D eigenvalue weighted by atomic mass is 35.5. The molecule has 27 heavy (non-hydrogen) atoms. The van der Waals surface area contributed by atoms with Crippen molar-refractivity contribution >= 4 is 34.8 Å². The summed E-state index contributed by atoms with van der Waals surface area (Å²) in [6, 6.07) is 11.5. The van der Waals surface area contributed by atoms with Gasteiger partial charge in [0, 0.05) is 39.7 Å². The van der Waals surface area contributed by atoms with E-state index in [1.54, 1.807) is 18.2 Å². The van der Waals surface area contributed by atoms with Gasteiger partial charge in [-0.2, -0.15) is 0 Å². The predicted octanol–water partition coefficient (Wildman–Crippen LogP) is 4.88. The third kappa shape index (κ3) is 4.01. The number of hydrogen-bond donors (Lipinski definition) is 0. The zero-order valence-electron chi connectivity index (χ0n) is 14.5. The lowest BCUT2D eigenvalue weighted by Crippen LogP contribution is -2.01. The van der Waals surface area contributed by atoms with Crippen molar-refractivity contribution in [3.63, 3.8) is 0 Å². The summed E-state index contributed by atoms with van der Waals surface area (Å²) in [5.74, 6) is 0.410. The Kier molecular flexibility index (Phi) is 5.57. The molecular formula is C18H15ClN4O3S. The van der Waals surface area contributed by atoms with Crippen molar-refractivity contribution in [2.75, 3.05) is 0 Å². The zero-order chi connectivity index (χ0) is 19.6. The van der Waals surface area contributed by atoms with Crippen molar-refractivity contribution in [3.8, 4) is 11.4 Å². The van der Waals surface area contributed by atoms with Crippen LogP contribution in [0.1, 0.15) is 24.2 Å². The van der Waals surface area contributed by atoms with Gasteiger partial charge >= 0.3 is 0 Å². The van der Waals surface area contributed by atoms with Gasteiger partial charge in [-0.15, -0.1) is 10.2 Å². The molecule has 0 saturated carbocycles. The monoisotopic (exact) mass is 402 g/mol. The molecule has 1 aromatic heterocycles. The number of carbonyl (C=O) groups excluding carboxylic acids is 1. The molecular weight excluding hydrogens is 388 g/mol. The molecule has 0 N–H and O–H groups in total. The number of aromatic nitrogens is 3. The van der Waals surface area contributed by atoms with Crippen LogP contribution in [0.3, 0.4) is 0 Å². The molecule has 0 bridgehead atoms. The van der Waals surface area contributed by atoms with Gasteiger partial charge in [-0.05, 0) is 43.8 Å². The molecule has 0 atom stereocenters. The number of nitro groups is 1. The first-order valence-corrected chi connectivity index (χ1v) is 9.26. The summed E-state index contributed by atoms with van der Waals surface area (Å²) < 4.78 is 1.90. The van der Waals surface area contributed by atoms with E-state index in [9.17, 15) is 14.9 Å². The first-order valence-electron chi connectivity index (χ1n) is 8.07. The molecule has 0 spiro atoms. The summed E-state index contributed by atoms with van der Waals surface area (Å²) in [5.41, 5.74) is 0.990. The van der Waals surface area contributed by atoms with E-state index >= 15 is 0 Å². The second-order valence-corrected chi connectivity index (χ2v) is 7.10. The number of benzene rings is 2. The van der Waals surface area contributed by atoms with Crippen LogP contribution in [0.4, 0.5) is 5.69 Å². The minimum atomic E-state index is -0.521. The van der Waals surface area contributed by atoms with Gasteiger partial charge in [0.25, 0.3) is 5.69 Å². The Morgan fingerprint density at radius 2 is 2.04 bits per heavy atom. The normalized spacial score (nSPS) is 10.8. The molecule has 0 aliphatic rings. The SMILES string of the molecule is CCn1c(Sc2ccc([N+](=O)[O-])cc2C(C)=O)nnc1-c1cccc(Cl)c1. The summed E-state index contributed by atoms with van der Waals surface area (Å²) >= 11 is 7.31. The Labute approximate surface area is 164 Å². The average Bonchev–Trinajstić information content (AvgIpc) is 3.04. The van der Waals surface area contributed by atoms with E-state index in [0.717, 1.165) is 5.56 Å². The number of nitro benzene ring substituents is 1. The number of Topliss-reactive ketones (excluding diaryl/α,β-unsaturated/α-hetero) is 1. The molecule has 9 heteroatoms. The number of ketones is 1. The second-order valence-electron chi connectivity index (χ2n) is 5.66. The maximum absolute atomic E-state index is 12.0. The largest absolute Gasteiger partial charge is 0.302 e. The van der Waals surface area contributed by atoms with Crippen LogP contribution in [0.25, 0.3) is 11.4 Å². The fourth-order valence-electron chi connectivity index (χ4n) is 2.58. The molecule has 138 valence electrons. The Bertz CT molecular complexity index is 1040. The van der Waals surface area contributed by atoms with Crippen LogP contribution < -0.4 is 0 Å². The van der Waals surface area contributed by atoms with Crippen molar-refractivity contribution in [2.45, 2.75) is 30.4 Å². The first-order chi connectivity index (χ1) is 12.9. The summed E-state index contributed by atoms with van der Waals surface area (Å²) in [4.78, 5) is 23.0. The molecule has 0 radical (unpaired) electrons. The van der Waals surface area contributed by atoms with Crippen molar-refractivity contribution in [1.29, 1.82) is 0 Å². The van der Waals surface area contributed by atoms with Crippen LogP contribution in [0, 0.1) is 10.1 Å². The van der Waals surface area contributed by atoms with E-state index in [1.165, 1.54) is 30.8 Å². The van der Waals surface area contributed by atoms with Crippen molar-refractivity contribution < 1.29 is 9.72 Å². The van der Waals surface area contributed by atoms with Gasteiger partial charge in [-0.1, -0.05) is 23.7 Å². The van der Waals surface area contributed by atoms with Gasteiger partial charge in [0.2, 0.25) is 0 Å². The standard InChI is InChI=1S/C18H15ClN4O3S/c1-3-22-17(12-5-4-6-13(19)9-12)20-21-18(22)27-16-8-7-14(23(25)26)10-15(16)11(2)24/h4-10H,3H2,1-2H3. The molecule has 0 saturated heterocycles. The maximum Gasteiger partial charge on any atom is 0.270 e. The van der Waals surface area contributed by atoms with E-state index in [1.807, 2.05) is 23.6 Å². The van der Waals surface area contributed by atoms with Gasteiger partial charge < -0.3 is 4.57 Å². The van der Waals surface area contributed by atoms with Crippen molar-refractivity contribution in [1.82, 2.24) is 14.8 Å². The number of non-ortho nitro benzene ring substituents is 1. The molecule has 3 aromatic rings. The summed E-state index contributed by atoms with van der Waals surface area (Å²) in [6.45, 7) is 3.95. The highest BCUT2D eigenvalue weighted by Crippen LogP contribution is 2.34. The van der Waals surface area contributed by atoms with E-state index < -0.39 is 4.92 Å². The Balaban J connectivity index is 2.02. The minimum Gasteiger partial charge on any atom is -0.302 e. The molecule has 0 amide bonds. The van der Waals surface area contributed by atoms with Crippen LogP contribution in [-0.2, 0) is 6.54 Å². The lowest BCUT2D eigenvalue weighted by atomic mass is 10.1. The molecule has 0 fully saturated rings. The number of rotatable bonds is 6. The number of hydrogen-bond acceptors (Lipinski definition) is 6. The van der Waals surface area contributed by atoms with Gasteiger partial charge in [0.05, 0.1) is 4.92 Å². The van der Waals surface area contributed by atoms with Crippen molar-refractivity contribution in [2.24, 2.45) is 0 Å². The fourth-order valence-corrected chi connectivity index (χ4v) is 3.83. The molecule has 0 aliphatic carbocycles. The maximum atomic E-state index is 12.0. The number of nitrogens with zero attached hydrogens (tertiary/aromatic N) is 4. The van der Waals surface area contributed by atoms with E-state index in [-0.39, 0.29) is 17.0 Å². The molecule has 2 aromatic carbocycles. The molecule has 1 heterocycles. The summed E-state index contributed by atoms with van der Waals surface area (Å²) in [6.07, 6.45) is 0. The zero-order valence-corrected chi connectivity index (χ0v) is 16.1. The third-order valence-electron chi connectivity index (χ3n) is 3.87. The number of halogens is 1. The van der Waals surface area contributed by atoms with Crippen LogP contribution >= 0.6 is 23.4 Å². The van der Waals surface area contributed by atoms with Gasteiger partial charge in [0.1, 0.15) is 0 Å². The minimum absolute atomic E-state index is 0.124. The smallest absolute Gasteiger partial charge is 0.270 e. The summed E-state index contributed by atoms with van der Waals surface area (Å²) in [7, 11) is 0. The van der Waals surface area contributed by atoms with Crippen LogP contribution in [-0.4, -0.2) is 25.5 Å².